The monoisotopic (exact) mass is 614 g/mol. The molecule has 0 radical (unpaired) electrons. The van der Waals surface area contributed by atoms with Gasteiger partial charge in [-0.15, -0.1) is 0 Å². The molecule has 6 nitrogen and oxygen atoms in total. The Labute approximate surface area is 276 Å². The summed E-state index contributed by atoms with van der Waals surface area (Å²) in [5.74, 6) is 2.93. The van der Waals surface area contributed by atoms with Gasteiger partial charge in [-0.05, 0) is 38.4 Å². The van der Waals surface area contributed by atoms with Gasteiger partial charge in [0.2, 0.25) is 11.6 Å². The minimum absolute atomic E-state index is 0.374. The van der Waals surface area contributed by atoms with Crippen LogP contribution in [0.1, 0.15) is 0 Å². The fourth-order valence-corrected chi connectivity index (χ4v) is 6.28. The Morgan fingerprint density at radius 1 is 0.208 bits per heavy atom. The largest absolute Gasteiger partial charge is 0.208 e. The Morgan fingerprint density at radius 2 is 0.500 bits per heavy atom. The summed E-state index contributed by atoms with van der Waals surface area (Å²) < 4.78 is 0. The van der Waals surface area contributed by atoms with Crippen LogP contribution in [-0.4, -0.2) is 29.9 Å². The van der Waals surface area contributed by atoms with Crippen LogP contribution in [0.4, 0.5) is 0 Å². The molecule has 0 N–H and O–H groups in total. The van der Waals surface area contributed by atoms with Crippen LogP contribution in [0.25, 0.3) is 89.5 Å². The first-order chi connectivity index (χ1) is 23.8. The molecule has 7 aromatic carbocycles. The molecule has 0 fully saturated rings. The molecule has 6 heteroatoms. The van der Waals surface area contributed by atoms with E-state index >= 15 is 0 Å². The van der Waals surface area contributed by atoms with Crippen LogP contribution in [0, 0.1) is 0 Å². The molecule has 0 aliphatic heterocycles. The summed E-state index contributed by atoms with van der Waals surface area (Å²) >= 11 is 0. The third kappa shape index (κ3) is 4.93. The van der Waals surface area contributed by atoms with Crippen LogP contribution < -0.4 is 0 Å². The van der Waals surface area contributed by atoms with E-state index < -0.39 is 0 Å². The molecule has 0 spiro atoms. The molecular formula is C42H26N6. The third-order valence-electron chi connectivity index (χ3n) is 8.57. The zero-order valence-corrected chi connectivity index (χ0v) is 25.7. The van der Waals surface area contributed by atoms with E-state index in [-0.39, 0.29) is 0 Å². The van der Waals surface area contributed by atoms with Crippen molar-refractivity contribution >= 4 is 32.3 Å². The molecule has 0 aliphatic carbocycles. The summed E-state index contributed by atoms with van der Waals surface area (Å²) in [5, 5.41) is 7.17. The van der Waals surface area contributed by atoms with E-state index in [1.807, 2.05) is 91.0 Å². The lowest BCUT2D eigenvalue weighted by atomic mass is 9.93. The van der Waals surface area contributed by atoms with Crippen molar-refractivity contribution in [2.45, 2.75) is 0 Å². The Hall–Kier alpha value is -6.66. The van der Waals surface area contributed by atoms with Crippen LogP contribution >= 0.6 is 0 Å². The van der Waals surface area contributed by atoms with Gasteiger partial charge in [0, 0.05) is 22.3 Å². The molecule has 0 saturated carbocycles. The van der Waals surface area contributed by atoms with Gasteiger partial charge >= 0.3 is 0 Å². The highest BCUT2D eigenvalue weighted by Crippen LogP contribution is 2.37. The molecule has 0 amide bonds. The third-order valence-corrected chi connectivity index (χ3v) is 8.57. The van der Waals surface area contributed by atoms with Gasteiger partial charge in [0.1, 0.15) is 0 Å². The fourth-order valence-electron chi connectivity index (χ4n) is 6.28. The molecule has 2 heterocycles. The van der Waals surface area contributed by atoms with E-state index in [1.54, 1.807) is 0 Å². The van der Waals surface area contributed by atoms with Crippen molar-refractivity contribution in [2.24, 2.45) is 0 Å². The van der Waals surface area contributed by atoms with Gasteiger partial charge in [-0.25, -0.2) is 29.9 Å². The van der Waals surface area contributed by atoms with Crippen LogP contribution in [0.3, 0.4) is 0 Å². The first-order valence-corrected chi connectivity index (χ1v) is 15.8. The second kappa shape index (κ2) is 11.6. The maximum Gasteiger partial charge on any atom is 0.202 e. The van der Waals surface area contributed by atoms with Gasteiger partial charge in [-0.2, -0.15) is 0 Å². The van der Waals surface area contributed by atoms with Crippen LogP contribution in [0.5, 0.6) is 0 Å². The molecule has 48 heavy (non-hydrogen) atoms. The molecule has 9 aromatic rings. The minimum Gasteiger partial charge on any atom is -0.208 e. The van der Waals surface area contributed by atoms with E-state index in [0.717, 1.165) is 27.6 Å². The predicted octanol–water partition coefficient (Wildman–Crippen LogP) is 9.85. The van der Waals surface area contributed by atoms with Crippen molar-refractivity contribution in [1.29, 1.82) is 0 Å². The topological polar surface area (TPSA) is 77.3 Å². The number of hydrogen-bond acceptors (Lipinski definition) is 6. The highest BCUT2D eigenvalue weighted by Gasteiger charge is 2.18. The molecule has 0 aliphatic rings. The molecule has 0 atom stereocenters. The molecule has 0 saturated heterocycles. The lowest BCUT2D eigenvalue weighted by molar-refractivity contribution is 1.00. The van der Waals surface area contributed by atoms with Crippen molar-refractivity contribution in [3.05, 3.63) is 158 Å². The number of nitrogens with zero attached hydrogens (tertiary/aromatic N) is 6. The highest BCUT2D eigenvalue weighted by molar-refractivity contribution is 6.25. The summed E-state index contributed by atoms with van der Waals surface area (Å²) in [4.78, 5) is 29.7. The Kier molecular flexibility index (Phi) is 6.68. The second-order valence-corrected chi connectivity index (χ2v) is 11.6. The molecule has 0 bridgehead atoms. The molecule has 2 aromatic heterocycles. The van der Waals surface area contributed by atoms with Gasteiger partial charge in [0.05, 0.1) is 0 Å². The first-order valence-electron chi connectivity index (χ1n) is 15.8. The first kappa shape index (κ1) is 27.6. The number of rotatable bonds is 5. The number of hydrogen-bond donors (Lipinski definition) is 0. The number of aromatic nitrogens is 6. The Bertz CT molecular complexity index is 2510. The van der Waals surface area contributed by atoms with Gasteiger partial charge in [-0.1, -0.05) is 152 Å². The van der Waals surface area contributed by atoms with Crippen LogP contribution in [0.2, 0.25) is 0 Å². The van der Waals surface area contributed by atoms with E-state index in [9.17, 15) is 0 Å². The molecule has 9 rings (SSSR count). The van der Waals surface area contributed by atoms with E-state index in [4.69, 9.17) is 29.9 Å². The maximum absolute atomic E-state index is 5.04. The van der Waals surface area contributed by atoms with Crippen molar-refractivity contribution in [2.75, 3.05) is 0 Å². The van der Waals surface area contributed by atoms with Gasteiger partial charge in [0.15, 0.2) is 23.3 Å². The minimum atomic E-state index is 0.374. The highest BCUT2D eigenvalue weighted by atomic mass is 15.1. The lowest BCUT2D eigenvalue weighted by Crippen LogP contribution is -2.05. The predicted molar refractivity (Wildman–Crippen MR) is 193 cm³/mol. The van der Waals surface area contributed by atoms with Crippen molar-refractivity contribution in [3.63, 3.8) is 0 Å². The van der Waals surface area contributed by atoms with E-state index in [2.05, 4.69) is 66.7 Å². The second-order valence-electron chi connectivity index (χ2n) is 11.6. The smallest absolute Gasteiger partial charge is 0.202 e. The quantitative estimate of drug-likeness (QED) is 0.180. The van der Waals surface area contributed by atoms with Crippen LogP contribution in [0.15, 0.2) is 158 Å². The van der Waals surface area contributed by atoms with E-state index in [1.165, 1.54) is 26.9 Å². The Morgan fingerprint density at radius 3 is 0.896 bits per heavy atom. The number of fused-ring (bicyclic) bond motifs is 6. The van der Waals surface area contributed by atoms with Crippen molar-refractivity contribution < 1.29 is 0 Å². The number of benzene rings is 7. The van der Waals surface area contributed by atoms with Gasteiger partial charge in [-0.3, -0.25) is 0 Å². The summed E-state index contributed by atoms with van der Waals surface area (Å²) in [5.41, 5.74) is 3.51. The summed E-state index contributed by atoms with van der Waals surface area (Å²) in [7, 11) is 0. The standard InChI is InChI=1S/C42H26N6/c1-4-14-27(15-5-1)37-43-38(28-16-6-2-7-17-28)46-41(45-37)42-47-39(29-18-8-3-9-19-29)44-40(48-42)30-24-25-35-33-22-11-10-20-31(33)32-21-12-13-23-34(32)36(35)26-30/h1-26H. The SMILES string of the molecule is c1ccc(-c2nc(-c3ccccc3)nc(-c3nc(-c4ccccc4)nc(-c4ccc5c6ccccc6c6ccccc6c5c4)n3)n2)cc1. The summed E-state index contributed by atoms with van der Waals surface area (Å²) in [6.45, 7) is 0. The van der Waals surface area contributed by atoms with Gasteiger partial charge < -0.3 is 0 Å². The average Bonchev–Trinajstić information content (AvgIpc) is 3.18. The normalized spacial score (nSPS) is 11.3. The molecule has 224 valence electrons. The van der Waals surface area contributed by atoms with Gasteiger partial charge in [0.25, 0.3) is 0 Å². The molecular weight excluding hydrogens is 589 g/mol. The van der Waals surface area contributed by atoms with Crippen molar-refractivity contribution in [3.8, 4) is 57.2 Å². The zero-order chi connectivity index (χ0) is 31.9. The van der Waals surface area contributed by atoms with Crippen LogP contribution in [-0.2, 0) is 0 Å². The summed E-state index contributed by atoms with van der Waals surface area (Å²) in [6.07, 6.45) is 0. The lowest BCUT2D eigenvalue weighted by Gasteiger charge is -2.12. The average molecular weight is 615 g/mol. The van der Waals surface area contributed by atoms with Crippen molar-refractivity contribution in [1.82, 2.24) is 29.9 Å². The fraction of sp³-hybridized carbons (Fsp3) is 0. The van der Waals surface area contributed by atoms with E-state index in [0.29, 0.717) is 34.9 Å². The maximum atomic E-state index is 5.04. The Balaban J connectivity index is 1.29. The summed E-state index contributed by atoms with van der Waals surface area (Å²) in [6, 6.07) is 53.3. The zero-order valence-electron chi connectivity index (χ0n) is 25.7. The molecule has 0 unspecified atom stereocenters.